The first-order chi connectivity index (χ1) is 9.43. The predicted molar refractivity (Wildman–Crippen MR) is 87.1 cm³/mol. The summed E-state index contributed by atoms with van der Waals surface area (Å²) in [5, 5.41) is 0. The standard InChI is InChI=1S/C18H30N2/c1-6-16-8-7-15(5)20(16)11-17(19)18-13(3)9-12(2)10-14(18)4/h9-10,15-17H,6-8,11,19H2,1-5H3. The molecule has 0 spiro atoms. The van der Waals surface area contributed by atoms with E-state index in [1.54, 1.807) is 0 Å². The molecule has 1 heterocycles. The van der Waals surface area contributed by atoms with Crippen LogP contribution >= 0.6 is 0 Å². The molecule has 112 valence electrons. The summed E-state index contributed by atoms with van der Waals surface area (Å²) in [5.74, 6) is 0. The number of nitrogens with zero attached hydrogens (tertiary/aromatic N) is 1. The molecule has 2 heteroatoms. The van der Waals surface area contributed by atoms with Crippen molar-refractivity contribution in [1.29, 1.82) is 0 Å². The van der Waals surface area contributed by atoms with E-state index in [9.17, 15) is 0 Å². The normalized spacial score (nSPS) is 25.1. The van der Waals surface area contributed by atoms with E-state index in [0.717, 1.165) is 12.6 Å². The number of likely N-dealkylation sites (tertiary alicyclic amines) is 1. The molecule has 3 unspecified atom stereocenters. The number of rotatable bonds is 4. The Morgan fingerprint density at radius 1 is 1.20 bits per heavy atom. The molecule has 0 saturated carbocycles. The largest absolute Gasteiger partial charge is 0.323 e. The van der Waals surface area contributed by atoms with E-state index in [-0.39, 0.29) is 6.04 Å². The monoisotopic (exact) mass is 274 g/mol. The van der Waals surface area contributed by atoms with Crippen LogP contribution in [0.1, 0.15) is 61.4 Å². The third-order valence-corrected chi connectivity index (χ3v) is 4.94. The molecule has 1 saturated heterocycles. The number of aryl methyl sites for hydroxylation is 3. The fourth-order valence-corrected chi connectivity index (χ4v) is 3.99. The third-order valence-electron chi connectivity index (χ3n) is 4.94. The predicted octanol–water partition coefficient (Wildman–Crippen LogP) is 3.87. The highest BCUT2D eigenvalue weighted by Crippen LogP contribution is 2.30. The lowest BCUT2D eigenvalue weighted by molar-refractivity contribution is 0.186. The van der Waals surface area contributed by atoms with Crippen molar-refractivity contribution in [2.75, 3.05) is 6.54 Å². The molecule has 0 aromatic heterocycles. The molecule has 20 heavy (non-hydrogen) atoms. The highest BCUT2D eigenvalue weighted by Gasteiger charge is 2.30. The molecule has 0 aliphatic carbocycles. The summed E-state index contributed by atoms with van der Waals surface area (Å²) in [6.07, 6.45) is 3.89. The Labute approximate surface area is 124 Å². The van der Waals surface area contributed by atoms with E-state index in [4.69, 9.17) is 5.73 Å². The summed E-state index contributed by atoms with van der Waals surface area (Å²) in [6, 6.07) is 6.05. The maximum atomic E-state index is 6.56. The van der Waals surface area contributed by atoms with Crippen LogP contribution in [0, 0.1) is 20.8 Å². The Kier molecular flexibility index (Phi) is 4.87. The van der Waals surface area contributed by atoms with Crippen molar-refractivity contribution in [3.63, 3.8) is 0 Å². The van der Waals surface area contributed by atoms with Gasteiger partial charge in [0.05, 0.1) is 0 Å². The van der Waals surface area contributed by atoms with Gasteiger partial charge in [0.25, 0.3) is 0 Å². The average Bonchev–Trinajstić information content (AvgIpc) is 2.69. The summed E-state index contributed by atoms with van der Waals surface area (Å²) in [4.78, 5) is 2.63. The molecule has 1 aromatic carbocycles. The lowest BCUT2D eigenvalue weighted by Gasteiger charge is -2.31. The summed E-state index contributed by atoms with van der Waals surface area (Å²) in [5.41, 5.74) is 11.9. The van der Waals surface area contributed by atoms with Gasteiger partial charge in [-0.15, -0.1) is 0 Å². The van der Waals surface area contributed by atoms with Crippen LogP contribution in [-0.2, 0) is 0 Å². The Bertz CT molecular complexity index is 443. The molecule has 3 atom stereocenters. The van der Waals surface area contributed by atoms with Crippen molar-refractivity contribution in [1.82, 2.24) is 4.90 Å². The topological polar surface area (TPSA) is 29.3 Å². The van der Waals surface area contributed by atoms with Crippen molar-refractivity contribution in [2.24, 2.45) is 5.73 Å². The van der Waals surface area contributed by atoms with E-state index in [2.05, 4.69) is 51.7 Å². The Hall–Kier alpha value is -0.860. The van der Waals surface area contributed by atoms with Gasteiger partial charge in [-0.2, -0.15) is 0 Å². The molecule has 1 aromatic rings. The Balaban J connectivity index is 2.18. The summed E-state index contributed by atoms with van der Waals surface area (Å²) < 4.78 is 0. The minimum Gasteiger partial charge on any atom is -0.323 e. The van der Waals surface area contributed by atoms with Gasteiger partial charge in [-0.05, 0) is 63.6 Å². The highest BCUT2D eigenvalue weighted by atomic mass is 15.2. The zero-order valence-electron chi connectivity index (χ0n) is 13.7. The maximum absolute atomic E-state index is 6.56. The molecular formula is C18H30N2. The van der Waals surface area contributed by atoms with Gasteiger partial charge in [0.15, 0.2) is 0 Å². The van der Waals surface area contributed by atoms with E-state index in [0.29, 0.717) is 6.04 Å². The molecule has 0 bridgehead atoms. The van der Waals surface area contributed by atoms with Crippen molar-refractivity contribution in [3.05, 3.63) is 34.4 Å². The van der Waals surface area contributed by atoms with E-state index in [1.165, 1.54) is 41.5 Å². The number of benzene rings is 1. The fraction of sp³-hybridized carbons (Fsp3) is 0.667. The first-order valence-electron chi connectivity index (χ1n) is 8.03. The minimum absolute atomic E-state index is 0.130. The molecule has 2 N–H and O–H groups in total. The van der Waals surface area contributed by atoms with Crippen molar-refractivity contribution in [2.45, 2.75) is 72.0 Å². The van der Waals surface area contributed by atoms with E-state index in [1.807, 2.05) is 0 Å². The van der Waals surface area contributed by atoms with Crippen LogP contribution in [0.5, 0.6) is 0 Å². The molecular weight excluding hydrogens is 244 g/mol. The summed E-state index contributed by atoms with van der Waals surface area (Å²) in [6.45, 7) is 12.2. The smallest absolute Gasteiger partial charge is 0.0429 e. The lowest BCUT2D eigenvalue weighted by atomic mass is 9.94. The number of hydrogen-bond donors (Lipinski definition) is 1. The summed E-state index contributed by atoms with van der Waals surface area (Å²) in [7, 11) is 0. The van der Waals surface area contributed by atoms with Gasteiger partial charge in [-0.3, -0.25) is 4.90 Å². The average molecular weight is 274 g/mol. The van der Waals surface area contributed by atoms with Crippen LogP contribution in [0.25, 0.3) is 0 Å². The van der Waals surface area contributed by atoms with Crippen molar-refractivity contribution < 1.29 is 0 Å². The van der Waals surface area contributed by atoms with E-state index >= 15 is 0 Å². The number of hydrogen-bond acceptors (Lipinski definition) is 2. The first kappa shape index (κ1) is 15.5. The highest BCUT2D eigenvalue weighted by molar-refractivity contribution is 5.39. The van der Waals surface area contributed by atoms with Gasteiger partial charge in [-0.25, -0.2) is 0 Å². The molecule has 0 radical (unpaired) electrons. The Morgan fingerprint density at radius 2 is 1.80 bits per heavy atom. The Morgan fingerprint density at radius 3 is 2.35 bits per heavy atom. The second kappa shape index (κ2) is 6.28. The second-order valence-corrected chi connectivity index (χ2v) is 6.60. The van der Waals surface area contributed by atoms with E-state index < -0.39 is 0 Å². The molecule has 2 rings (SSSR count). The van der Waals surface area contributed by atoms with Crippen LogP contribution in [0.3, 0.4) is 0 Å². The van der Waals surface area contributed by atoms with Crippen LogP contribution in [0.15, 0.2) is 12.1 Å². The van der Waals surface area contributed by atoms with Gasteiger partial charge in [-0.1, -0.05) is 24.6 Å². The SMILES string of the molecule is CCC1CCC(C)N1CC(N)c1c(C)cc(C)cc1C. The van der Waals surface area contributed by atoms with Crippen LogP contribution in [-0.4, -0.2) is 23.5 Å². The van der Waals surface area contributed by atoms with Crippen LogP contribution < -0.4 is 5.73 Å². The van der Waals surface area contributed by atoms with Crippen molar-refractivity contribution >= 4 is 0 Å². The van der Waals surface area contributed by atoms with Gasteiger partial charge in [0.2, 0.25) is 0 Å². The summed E-state index contributed by atoms with van der Waals surface area (Å²) >= 11 is 0. The molecule has 0 amide bonds. The molecule has 2 nitrogen and oxygen atoms in total. The molecule has 1 aliphatic rings. The zero-order chi connectivity index (χ0) is 14.9. The van der Waals surface area contributed by atoms with Gasteiger partial charge in [0, 0.05) is 24.7 Å². The van der Waals surface area contributed by atoms with Crippen LogP contribution in [0.2, 0.25) is 0 Å². The van der Waals surface area contributed by atoms with Crippen molar-refractivity contribution in [3.8, 4) is 0 Å². The number of nitrogens with two attached hydrogens (primary N) is 1. The van der Waals surface area contributed by atoms with Crippen LogP contribution in [0.4, 0.5) is 0 Å². The third kappa shape index (κ3) is 3.07. The van der Waals surface area contributed by atoms with Gasteiger partial charge in [0.1, 0.15) is 0 Å². The quantitative estimate of drug-likeness (QED) is 0.903. The lowest BCUT2D eigenvalue weighted by Crippen LogP contribution is -2.40. The second-order valence-electron chi connectivity index (χ2n) is 6.60. The van der Waals surface area contributed by atoms with Gasteiger partial charge < -0.3 is 5.73 Å². The molecule has 1 fully saturated rings. The maximum Gasteiger partial charge on any atom is 0.0429 e. The fourth-order valence-electron chi connectivity index (χ4n) is 3.99. The molecule has 1 aliphatic heterocycles. The minimum atomic E-state index is 0.130. The zero-order valence-corrected chi connectivity index (χ0v) is 13.7. The van der Waals surface area contributed by atoms with Gasteiger partial charge >= 0.3 is 0 Å². The first-order valence-corrected chi connectivity index (χ1v) is 8.03.